The molecule has 6 nitrogen and oxygen atoms in total. The Balaban J connectivity index is 1.76. The van der Waals surface area contributed by atoms with Crippen molar-refractivity contribution in [2.45, 2.75) is 26.5 Å². The highest BCUT2D eigenvalue weighted by Gasteiger charge is 2.10. The Bertz CT molecular complexity index is 728. The molecule has 0 saturated heterocycles. The zero-order chi connectivity index (χ0) is 14.8. The van der Waals surface area contributed by atoms with Crippen molar-refractivity contribution in [2.24, 2.45) is 0 Å². The maximum atomic E-state index is 9.43. The summed E-state index contributed by atoms with van der Waals surface area (Å²) in [6.07, 6.45) is 2.68. The molecule has 0 aliphatic carbocycles. The lowest BCUT2D eigenvalue weighted by atomic mass is 10.1. The summed E-state index contributed by atoms with van der Waals surface area (Å²) in [5.74, 6) is 0.584. The van der Waals surface area contributed by atoms with Crippen LogP contribution in [-0.2, 0) is 6.54 Å². The fourth-order valence-corrected chi connectivity index (χ4v) is 1.96. The summed E-state index contributed by atoms with van der Waals surface area (Å²) in [7, 11) is 0. The Morgan fingerprint density at radius 3 is 2.71 bits per heavy atom. The van der Waals surface area contributed by atoms with E-state index in [2.05, 4.69) is 15.3 Å². The second-order valence-corrected chi connectivity index (χ2v) is 5.03. The molecule has 0 amide bonds. The van der Waals surface area contributed by atoms with Gasteiger partial charge in [0.25, 0.3) is 0 Å². The van der Waals surface area contributed by atoms with Crippen LogP contribution in [0.1, 0.15) is 30.0 Å². The standard InChI is InChI=1S/C15H16N4O2/c1-10-3-5-12(6-4-10)15-16-13(9-21-15)7-19-8-14(11(2)20)17-18-19/h3-6,8-9,11,20H,7H2,1-2H3. The van der Waals surface area contributed by atoms with Gasteiger partial charge in [-0.15, -0.1) is 5.10 Å². The molecule has 3 rings (SSSR count). The summed E-state index contributed by atoms with van der Waals surface area (Å²) >= 11 is 0. The van der Waals surface area contributed by atoms with Crippen molar-refractivity contribution < 1.29 is 9.52 Å². The molecule has 3 aromatic rings. The van der Waals surface area contributed by atoms with Gasteiger partial charge < -0.3 is 9.52 Å². The summed E-state index contributed by atoms with van der Waals surface area (Å²) in [6, 6.07) is 8.00. The number of aryl methyl sites for hydroxylation is 1. The molecule has 1 aromatic carbocycles. The minimum Gasteiger partial charge on any atom is -0.444 e. The van der Waals surface area contributed by atoms with Crippen molar-refractivity contribution in [1.82, 2.24) is 20.0 Å². The summed E-state index contributed by atoms with van der Waals surface area (Å²) in [4.78, 5) is 4.44. The van der Waals surface area contributed by atoms with Crippen molar-refractivity contribution in [2.75, 3.05) is 0 Å². The molecule has 21 heavy (non-hydrogen) atoms. The van der Waals surface area contributed by atoms with Crippen LogP contribution < -0.4 is 0 Å². The number of aliphatic hydroxyl groups is 1. The van der Waals surface area contributed by atoms with Crippen molar-refractivity contribution >= 4 is 0 Å². The van der Waals surface area contributed by atoms with Gasteiger partial charge in [-0.25, -0.2) is 9.67 Å². The second-order valence-electron chi connectivity index (χ2n) is 5.03. The van der Waals surface area contributed by atoms with Crippen LogP contribution >= 0.6 is 0 Å². The smallest absolute Gasteiger partial charge is 0.226 e. The molecule has 1 N–H and O–H groups in total. The largest absolute Gasteiger partial charge is 0.444 e. The number of aromatic nitrogens is 4. The van der Waals surface area contributed by atoms with Gasteiger partial charge in [-0.3, -0.25) is 0 Å². The third-order valence-corrected chi connectivity index (χ3v) is 3.16. The molecule has 0 aliphatic rings. The van der Waals surface area contributed by atoms with Gasteiger partial charge in [0.15, 0.2) is 0 Å². The number of nitrogens with zero attached hydrogens (tertiary/aromatic N) is 4. The van der Waals surface area contributed by atoms with Gasteiger partial charge in [-0.2, -0.15) is 0 Å². The van der Waals surface area contributed by atoms with Gasteiger partial charge in [-0.1, -0.05) is 22.9 Å². The van der Waals surface area contributed by atoms with Crippen LogP contribution in [0.2, 0.25) is 0 Å². The maximum Gasteiger partial charge on any atom is 0.226 e. The second kappa shape index (κ2) is 5.49. The van der Waals surface area contributed by atoms with Crippen LogP contribution in [0.5, 0.6) is 0 Å². The predicted molar refractivity (Wildman–Crippen MR) is 76.4 cm³/mol. The molecule has 0 spiro atoms. The quantitative estimate of drug-likeness (QED) is 0.795. The molecule has 108 valence electrons. The van der Waals surface area contributed by atoms with Crippen molar-refractivity contribution in [1.29, 1.82) is 0 Å². The lowest BCUT2D eigenvalue weighted by Crippen LogP contribution is -2.00. The van der Waals surface area contributed by atoms with Crippen molar-refractivity contribution in [3.8, 4) is 11.5 Å². The Kier molecular flexibility index (Phi) is 3.53. The number of hydrogen-bond acceptors (Lipinski definition) is 5. The third-order valence-electron chi connectivity index (χ3n) is 3.16. The molecule has 2 aromatic heterocycles. The molecule has 0 bridgehead atoms. The minimum atomic E-state index is -0.626. The number of rotatable bonds is 4. The average Bonchev–Trinajstić information content (AvgIpc) is 3.10. The molecule has 2 heterocycles. The molecular formula is C15H16N4O2. The minimum absolute atomic E-state index is 0.453. The molecule has 1 unspecified atom stereocenters. The first-order chi connectivity index (χ1) is 10.1. The van der Waals surface area contributed by atoms with E-state index in [1.165, 1.54) is 5.56 Å². The number of aliphatic hydroxyl groups excluding tert-OH is 1. The lowest BCUT2D eigenvalue weighted by Gasteiger charge is -1.97. The van der Waals surface area contributed by atoms with Crippen LogP contribution in [0.25, 0.3) is 11.5 Å². The Morgan fingerprint density at radius 1 is 1.29 bits per heavy atom. The van der Waals surface area contributed by atoms with Crippen LogP contribution in [-0.4, -0.2) is 25.1 Å². The highest BCUT2D eigenvalue weighted by Crippen LogP contribution is 2.19. The van der Waals surface area contributed by atoms with Crippen molar-refractivity contribution in [3.05, 3.63) is 53.7 Å². The lowest BCUT2D eigenvalue weighted by molar-refractivity contribution is 0.194. The summed E-state index contributed by atoms with van der Waals surface area (Å²) in [5, 5.41) is 17.3. The van der Waals surface area contributed by atoms with E-state index in [9.17, 15) is 5.11 Å². The Labute approximate surface area is 122 Å². The first-order valence-corrected chi connectivity index (χ1v) is 6.71. The van der Waals surface area contributed by atoms with Crippen LogP contribution in [0, 0.1) is 6.92 Å². The fourth-order valence-electron chi connectivity index (χ4n) is 1.96. The van der Waals surface area contributed by atoms with Crippen molar-refractivity contribution in [3.63, 3.8) is 0 Å². The van der Waals surface area contributed by atoms with E-state index < -0.39 is 6.10 Å². The first-order valence-electron chi connectivity index (χ1n) is 6.71. The Hall–Kier alpha value is -2.47. The topological polar surface area (TPSA) is 77.0 Å². The molecular weight excluding hydrogens is 268 g/mol. The maximum absolute atomic E-state index is 9.43. The molecule has 0 radical (unpaired) electrons. The predicted octanol–water partition coefficient (Wildman–Crippen LogP) is 2.34. The summed E-state index contributed by atoms with van der Waals surface area (Å²) in [5.41, 5.74) is 3.43. The molecule has 6 heteroatoms. The number of benzene rings is 1. The summed E-state index contributed by atoms with van der Waals surface area (Å²) in [6.45, 7) is 4.14. The van der Waals surface area contributed by atoms with E-state index in [0.29, 0.717) is 18.1 Å². The van der Waals surface area contributed by atoms with Gasteiger partial charge in [0.05, 0.1) is 18.8 Å². The van der Waals surface area contributed by atoms with E-state index in [1.54, 1.807) is 24.1 Å². The van der Waals surface area contributed by atoms with E-state index in [1.807, 2.05) is 31.2 Å². The van der Waals surface area contributed by atoms with E-state index in [-0.39, 0.29) is 0 Å². The van der Waals surface area contributed by atoms with E-state index in [0.717, 1.165) is 11.3 Å². The van der Waals surface area contributed by atoms with Crippen LogP contribution in [0.15, 0.2) is 41.1 Å². The monoisotopic (exact) mass is 284 g/mol. The zero-order valence-electron chi connectivity index (χ0n) is 11.9. The van der Waals surface area contributed by atoms with E-state index >= 15 is 0 Å². The third kappa shape index (κ3) is 3.00. The fraction of sp³-hybridized carbons (Fsp3) is 0.267. The van der Waals surface area contributed by atoms with Crippen LogP contribution in [0.3, 0.4) is 0 Å². The van der Waals surface area contributed by atoms with Crippen LogP contribution in [0.4, 0.5) is 0 Å². The zero-order valence-corrected chi connectivity index (χ0v) is 11.9. The van der Waals surface area contributed by atoms with E-state index in [4.69, 9.17) is 4.42 Å². The number of hydrogen-bond donors (Lipinski definition) is 1. The van der Waals surface area contributed by atoms with Gasteiger partial charge in [0, 0.05) is 5.56 Å². The van der Waals surface area contributed by atoms with Gasteiger partial charge in [0.2, 0.25) is 5.89 Å². The average molecular weight is 284 g/mol. The summed E-state index contributed by atoms with van der Waals surface area (Å²) < 4.78 is 7.12. The molecule has 0 fully saturated rings. The van der Waals surface area contributed by atoms with Gasteiger partial charge >= 0.3 is 0 Å². The molecule has 1 atom stereocenters. The normalized spacial score (nSPS) is 12.5. The Morgan fingerprint density at radius 2 is 2.05 bits per heavy atom. The van der Waals surface area contributed by atoms with Gasteiger partial charge in [-0.05, 0) is 26.0 Å². The highest BCUT2D eigenvalue weighted by atomic mass is 16.3. The molecule has 0 saturated carbocycles. The van der Waals surface area contributed by atoms with Gasteiger partial charge in [0.1, 0.15) is 17.7 Å². The highest BCUT2D eigenvalue weighted by molar-refractivity contribution is 5.53. The first kappa shape index (κ1) is 13.5. The molecule has 0 aliphatic heterocycles. The number of oxazole rings is 1. The SMILES string of the molecule is Cc1ccc(-c2nc(Cn3cc(C(C)O)nn3)co2)cc1.